The number of carbonyl (C=O) groups is 1. The Hall–Kier alpha value is -2.28. The van der Waals surface area contributed by atoms with Crippen LogP contribution < -0.4 is 0 Å². The molecule has 1 aliphatic heterocycles. The van der Waals surface area contributed by atoms with Gasteiger partial charge < -0.3 is 9.32 Å². The van der Waals surface area contributed by atoms with Crippen LogP contribution in [0.2, 0.25) is 0 Å². The zero-order valence-electron chi connectivity index (χ0n) is 17.4. The maximum absolute atomic E-state index is 12.3. The first-order chi connectivity index (χ1) is 13.3. The van der Waals surface area contributed by atoms with Gasteiger partial charge in [-0.05, 0) is 25.8 Å². The van der Waals surface area contributed by atoms with E-state index in [2.05, 4.69) is 40.6 Å². The zero-order valence-corrected chi connectivity index (χ0v) is 17.4. The molecule has 0 aromatic carbocycles. The third-order valence-corrected chi connectivity index (χ3v) is 5.25. The summed E-state index contributed by atoms with van der Waals surface area (Å²) in [5.41, 5.74) is 0.937. The molecule has 1 fully saturated rings. The van der Waals surface area contributed by atoms with Gasteiger partial charge in [-0.15, -0.1) is 0 Å². The molecule has 3 rings (SSSR count). The fourth-order valence-electron chi connectivity index (χ4n) is 3.64. The molecule has 0 aliphatic carbocycles. The van der Waals surface area contributed by atoms with Crippen LogP contribution in [0.25, 0.3) is 0 Å². The fraction of sp³-hybridized carbons (Fsp3) is 0.619. The van der Waals surface area contributed by atoms with Gasteiger partial charge in [0.1, 0.15) is 12.1 Å². The second kappa shape index (κ2) is 8.82. The summed E-state index contributed by atoms with van der Waals surface area (Å²) >= 11 is 0. The van der Waals surface area contributed by atoms with Gasteiger partial charge in [0.15, 0.2) is 0 Å². The van der Waals surface area contributed by atoms with Crippen LogP contribution in [0, 0.1) is 0 Å². The first kappa shape index (κ1) is 20.5. The van der Waals surface area contributed by atoms with Gasteiger partial charge in [-0.2, -0.15) is 0 Å². The molecule has 3 heterocycles. The van der Waals surface area contributed by atoms with Crippen LogP contribution in [0.1, 0.15) is 64.2 Å². The van der Waals surface area contributed by atoms with Crippen molar-refractivity contribution in [2.75, 3.05) is 13.1 Å². The largest absolute Gasteiger partial charge is 0.444 e. The van der Waals surface area contributed by atoms with Gasteiger partial charge in [0.05, 0.1) is 12.7 Å². The van der Waals surface area contributed by atoms with Crippen LogP contribution in [0.4, 0.5) is 0 Å². The number of carbonyl (C=O) groups excluding carboxylic acids is 1. The topological polar surface area (TPSA) is 75.4 Å². The van der Waals surface area contributed by atoms with E-state index in [1.807, 2.05) is 11.1 Å². The highest BCUT2D eigenvalue weighted by atomic mass is 16.4. The highest BCUT2D eigenvalue weighted by molar-refractivity contribution is 5.73. The van der Waals surface area contributed by atoms with Gasteiger partial charge in [0.25, 0.3) is 0 Å². The molecule has 1 saturated heterocycles. The van der Waals surface area contributed by atoms with E-state index in [1.54, 1.807) is 19.3 Å². The zero-order chi connectivity index (χ0) is 20.1. The first-order valence-corrected chi connectivity index (χ1v) is 10.0. The van der Waals surface area contributed by atoms with Crippen LogP contribution in [-0.4, -0.2) is 49.8 Å². The van der Waals surface area contributed by atoms with Crippen molar-refractivity contribution in [2.24, 2.45) is 0 Å². The molecule has 28 heavy (non-hydrogen) atoms. The number of likely N-dealkylation sites (tertiary alicyclic amines) is 1. The number of hydrogen-bond donors (Lipinski definition) is 0. The van der Waals surface area contributed by atoms with E-state index < -0.39 is 0 Å². The molecule has 7 heteroatoms. The molecule has 152 valence electrons. The highest BCUT2D eigenvalue weighted by Crippen LogP contribution is 2.24. The number of aromatic nitrogens is 3. The lowest BCUT2D eigenvalue weighted by Gasteiger charge is -2.30. The molecule has 7 nitrogen and oxygen atoms in total. The molecule has 2 aromatic rings. The quantitative estimate of drug-likeness (QED) is 0.787. The van der Waals surface area contributed by atoms with Crippen molar-refractivity contribution in [3.05, 3.63) is 42.1 Å². The number of nitrogens with zero attached hydrogens (tertiary/aromatic N) is 5. The summed E-state index contributed by atoms with van der Waals surface area (Å²) < 4.78 is 5.95. The molecular formula is C21H31N5O2. The smallest absolute Gasteiger partial charge is 0.219 e. The summed E-state index contributed by atoms with van der Waals surface area (Å²) in [6.45, 7) is 11.2. The van der Waals surface area contributed by atoms with Gasteiger partial charge in [-0.3, -0.25) is 9.69 Å². The van der Waals surface area contributed by atoms with E-state index >= 15 is 0 Å². The lowest BCUT2D eigenvalue weighted by Crippen LogP contribution is -2.39. The Balaban J connectivity index is 1.60. The normalized spacial score (nSPS) is 18.6. The Kier molecular flexibility index (Phi) is 6.44. The van der Waals surface area contributed by atoms with Gasteiger partial charge in [-0.1, -0.05) is 20.8 Å². The maximum atomic E-state index is 12.3. The summed E-state index contributed by atoms with van der Waals surface area (Å²) in [7, 11) is 0. The van der Waals surface area contributed by atoms with Crippen LogP contribution in [0.15, 0.2) is 29.3 Å². The maximum Gasteiger partial charge on any atom is 0.219 e. The Morgan fingerprint density at radius 1 is 1.21 bits per heavy atom. The van der Waals surface area contributed by atoms with E-state index in [-0.39, 0.29) is 17.4 Å². The fourth-order valence-corrected chi connectivity index (χ4v) is 3.64. The molecule has 0 N–H and O–H groups in total. The average Bonchev–Trinajstić information content (AvgIpc) is 3.00. The Morgan fingerprint density at radius 2 is 1.96 bits per heavy atom. The van der Waals surface area contributed by atoms with Crippen molar-refractivity contribution in [2.45, 2.75) is 71.5 Å². The summed E-state index contributed by atoms with van der Waals surface area (Å²) in [4.78, 5) is 29.2. The molecule has 0 saturated carbocycles. The molecule has 0 unspecified atom stereocenters. The lowest BCUT2D eigenvalue weighted by atomic mass is 9.94. The third-order valence-electron chi connectivity index (χ3n) is 5.25. The summed E-state index contributed by atoms with van der Waals surface area (Å²) in [6, 6.07) is 0.234. The molecule has 0 radical (unpaired) electrons. The van der Waals surface area contributed by atoms with Crippen molar-refractivity contribution in [3.8, 4) is 0 Å². The Morgan fingerprint density at radius 3 is 2.61 bits per heavy atom. The monoisotopic (exact) mass is 385 g/mol. The van der Waals surface area contributed by atoms with Gasteiger partial charge in [-0.25, -0.2) is 15.0 Å². The SMILES string of the molecule is CC(=O)N(Cc1cncnc1)[C@H]1CCCN(Cc2ncc(C(C)(C)C)o2)CC1. The predicted octanol–water partition coefficient (Wildman–Crippen LogP) is 3.17. The second-order valence-corrected chi connectivity index (χ2v) is 8.62. The number of oxazole rings is 1. The molecule has 1 amide bonds. The Labute approximate surface area is 167 Å². The molecule has 1 atom stereocenters. The summed E-state index contributed by atoms with van der Waals surface area (Å²) in [6.07, 6.45) is 9.91. The van der Waals surface area contributed by atoms with Crippen molar-refractivity contribution < 1.29 is 9.21 Å². The van der Waals surface area contributed by atoms with Crippen molar-refractivity contribution in [1.82, 2.24) is 24.8 Å². The second-order valence-electron chi connectivity index (χ2n) is 8.62. The first-order valence-electron chi connectivity index (χ1n) is 10.0. The number of hydrogen-bond acceptors (Lipinski definition) is 6. The van der Waals surface area contributed by atoms with E-state index in [1.165, 1.54) is 6.33 Å². The average molecular weight is 386 g/mol. The molecule has 0 bridgehead atoms. The third kappa shape index (κ3) is 5.38. The van der Waals surface area contributed by atoms with Crippen LogP contribution in [-0.2, 0) is 23.3 Å². The van der Waals surface area contributed by atoms with E-state index in [4.69, 9.17) is 4.42 Å². The molecule has 2 aromatic heterocycles. The highest BCUT2D eigenvalue weighted by Gasteiger charge is 2.26. The molecule has 0 spiro atoms. The van der Waals surface area contributed by atoms with Crippen LogP contribution in [0.5, 0.6) is 0 Å². The summed E-state index contributed by atoms with van der Waals surface area (Å²) in [5.74, 6) is 1.79. The molecule has 1 aliphatic rings. The standard InChI is InChI=1S/C21H31N5O2/c1-16(27)26(13-17-10-22-15-23-11-17)18-6-5-8-25(9-7-18)14-20-24-12-19(28-20)21(2,3)4/h10-12,15,18H,5-9,13-14H2,1-4H3/t18-/m0/s1. The van der Waals surface area contributed by atoms with Crippen LogP contribution in [0.3, 0.4) is 0 Å². The predicted molar refractivity (Wildman–Crippen MR) is 106 cm³/mol. The molecular weight excluding hydrogens is 354 g/mol. The van der Waals surface area contributed by atoms with Crippen LogP contribution >= 0.6 is 0 Å². The van der Waals surface area contributed by atoms with E-state index in [0.29, 0.717) is 6.54 Å². The van der Waals surface area contributed by atoms with E-state index in [9.17, 15) is 4.79 Å². The van der Waals surface area contributed by atoms with E-state index in [0.717, 1.165) is 56.1 Å². The van der Waals surface area contributed by atoms with Gasteiger partial charge >= 0.3 is 0 Å². The Bertz CT molecular complexity index is 769. The minimum absolute atomic E-state index is 0.0295. The number of rotatable bonds is 5. The minimum Gasteiger partial charge on any atom is -0.444 e. The van der Waals surface area contributed by atoms with Gasteiger partial charge in [0, 0.05) is 49.4 Å². The minimum atomic E-state index is -0.0295. The van der Waals surface area contributed by atoms with Crippen molar-refractivity contribution in [3.63, 3.8) is 0 Å². The number of amides is 1. The van der Waals surface area contributed by atoms with Gasteiger partial charge in [0.2, 0.25) is 11.8 Å². The summed E-state index contributed by atoms with van der Waals surface area (Å²) in [5, 5.41) is 0. The van der Waals surface area contributed by atoms with Crippen molar-refractivity contribution >= 4 is 5.91 Å². The lowest BCUT2D eigenvalue weighted by molar-refractivity contribution is -0.132. The van der Waals surface area contributed by atoms with Crippen molar-refractivity contribution in [1.29, 1.82) is 0 Å².